The minimum Gasteiger partial charge on any atom is -0.467 e. The number of thioether (sulfide) groups is 1. The summed E-state index contributed by atoms with van der Waals surface area (Å²) < 4.78 is 7.10. The van der Waals surface area contributed by atoms with Crippen LogP contribution in [0.25, 0.3) is 5.69 Å². The van der Waals surface area contributed by atoms with Gasteiger partial charge in [-0.15, -0.1) is 0 Å². The van der Waals surface area contributed by atoms with Crippen LogP contribution in [0.2, 0.25) is 0 Å². The maximum atomic E-state index is 12.5. The Balaban J connectivity index is 1.39. The third-order valence-electron chi connectivity index (χ3n) is 4.66. The van der Waals surface area contributed by atoms with Gasteiger partial charge in [-0.05, 0) is 49.4 Å². The number of hydrogen-bond donors (Lipinski definition) is 2. The van der Waals surface area contributed by atoms with E-state index in [0.717, 1.165) is 16.9 Å². The third kappa shape index (κ3) is 5.47. The minimum absolute atomic E-state index is 0.112. The Labute approximate surface area is 189 Å². The van der Waals surface area contributed by atoms with Crippen LogP contribution in [-0.4, -0.2) is 27.1 Å². The fourth-order valence-electron chi connectivity index (χ4n) is 3.04. The van der Waals surface area contributed by atoms with Crippen LogP contribution in [0.3, 0.4) is 0 Å². The summed E-state index contributed by atoms with van der Waals surface area (Å²) >= 11 is 1.33. The predicted molar refractivity (Wildman–Crippen MR) is 124 cm³/mol. The number of furan rings is 1. The van der Waals surface area contributed by atoms with Gasteiger partial charge in [-0.1, -0.05) is 35.5 Å². The molecule has 2 aromatic carbocycles. The molecule has 0 saturated carbocycles. The van der Waals surface area contributed by atoms with Crippen molar-refractivity contribution in [1.29, 1.82) is 0 Å². The molecule has 0 aliphatic rings. The van der Waals surface area contributed by atoms with E-state index >= 15 is 0 Å². The van der Waals surface area contributed by atoms with Gasteiger partial charge in [0.05, 0.1) is 18.6 Å². The maximum Gasteiger partial charge on any atom is 0.251 e. The zero-order chi connectivity index (χ0) is 22.3. The van der Waals surface area contributed by atoms with Crippen LogP contribution < -0.4 is 10.6 Å². The summed E-state index contributed by atoms with van der Waals surface area (Å²) in [6.45, 7) is 2.32. The van der Waals surface area contributed by atoms with Crippen molar-refractivity contribution in [3.63, 3.8) is 0 Å². The highest BCUT2D eigenvalue weighted by Gasteiger charge is 2.12. The first kappa shape index (κ1) is 21.5. The first-order chi connectivity index (χ1) is 15.6. The molecule has 4 aromatic rings. The monoisotopic (exact) mass is 446 g/mol. The number of nitrogens with zero attached hydrogens (tertiary/aromatic N) is 2. The number of hydrogen-bond acceptors (Lipinski definition) is 5. The van der Waals surface area contributed by atoms with Gasteiger partial charge < -0.3 is 15.1 Å². The normalized spacial score (nSPS) is 10.7. The molecule has 8 heteroatoms. The number of carbonyl (C=O) groups is 2. The molecular weight excluding hydrogens is 424 g/mol. The highest BCUT2D eigenvalue weighted by atomic mass is 32.2. The summed E-state index contributed by atoms with van der Waals surface area (Å²) in [7, 11) is 0. The highest BCUT2D eigenvalue weighted by Crippen LogP contribution is 2.22. The van der Waals surface area contributed by atoms with E-state index in [1.54, 1.807) is 42.9 Å². The molecule has 2 N–H and O–H groups in total. The van der Waals surface area contributed by atoms with Crippen molar-refractivity contribution < 1.29 is 14.0 Å². The van der Waals surface area contributed by atoms with E-state index in [9.17, 15) is 9.59 Å². The van der Waals surface area contributed by atoms with E-state index in [0.29, 0.717) is 23.0 Å². The number of aromatic nitrogens is 2. The quantitative estimate of drug-likeness (QED) is 0.391. The van der Waals surface area contributed by atoms with Gasteiger partial charge in [0.2, 0.25) is 5.91 Å². The van der Waals surface area contributed by atoms with E-state index in [2.05, 4.69) is 15.6 Å². The van der Waals surface area contributed by atoms with Crippen LogP contribution >= 0.6 is 11.8 Å². The topological polar surface area (TPSA) is 89.2 Å². The molecule has 2 heterocycles. The average Bonchev–Trinajstić information content (AvgIpc) is 3.50. The van der Waals surface area contributed by atoms with Crippen molar-refractivity contribution >= 4 is 29.3 Å². The number of anilines is 1. The maximum absolute atomic E-state index is 12.5. The molecule has 0 spiro atoms. The second-order valence-corrected chi connectivity index (χ2v) is 8.04. The van der Waals surface area contributed by atoms with Gasteiger partial charge in [0.1, 0.15) is 5.76 Å². The van der Waals surface area contributed by atoms with Crippen molar-refractivity contribution in [3.05, 3.63) is 96.2 Å². The summed E-state index contributed by atoms with van der Waals surface area (Å²) in [6, 6.07) is 18.5. The van der Waals surface area contributed by atoms with Crippen LogP contribution in [0.1, 0.15) is 21.7 Å². The van der Waals surface area contributed by atoms with Crippen molar-refractivity contribution in [1.82, 2.24) is 14.9 Å². The number of carbonyl (C=O) groups excluding carboxylic acids is 2. The fourth-order valence-corrected chi connectivity index (χ4v) is 3.81. The lowest BCUT2D eigenvalue weighted by Gasteiger charge is -2.10. The van der Waals surface area contributed by atoms with E-state index < -0.39 is 0 Å². The molecule has 4 rings (SSSR count). The smallest absolute Gasteiger partial charge is 0.251 e. The van der Waals surface area contributed by atoms with Crippen molar-refractivity contribution in [2.24, 2.45) is 0 Å². The molecule has 162 valence electrons. The van der Waals surface area contributed by atoms with Crippen molar-refractivity contribution in [2.75, 3.05) is 11.1 Å². The third-order valence-corrected chi connectivity index (χ3v) is 5.63. The molecular formula is C24H22N4O3S. The number of benzene rings is 2. The van der Waals surface area contributed by atoms with Gasteiger partial charge in [-0.2, -0.15) is 0 Å². The molecule has 0 atom stereocenters. The molecule has 0 bridgehead atoms. The Morgan fingerprint density at radius 2 is 1.94 bits per heavy atom. The number of amides is 2. The number of aryl methyl sites for hydroxylation is 1. The van der Waals surface area contributed by atoms with Crippen LogP contribution in [0.15, 0.2) is 88.9 Å². The molecule has 32 heavy (non-hydrogen) atoms. The Morgan fingerprint density at radius 1 is 1.09 bits per heavy atom. The van der Waals surface area contributed by atoms with Crippen LogP contribution in [0.5, 0.6) is 0 Å². The van der Waals surface area contributed by atoms with Crippen LogP contribution in [0, 0.1) is 6.92 Å². The number of rotatable bonds is 8. The molecule has 0 saturated heterocycles. The predicted octanol–water partition coefficient (Wildman–Crippen LogP) is 4.43. The minimum atomic E-state index is -0.199. The Hall–Kier alpha value is -3.78. The van der Waals surface area contributed by atoms with Gasteiger partial charge in [-0.25, -0.2) is 4.98 Å². The first-order valence-corrected chi connectivity index (χ1v) is 11.0. The second kappa shape index (κ2) is 10.0. The molecule has 0 radical (unpaired) electrons. The number of nitrogens with one attached hydrogen (secondary N) is 2. The van der Waals surface area contributed by atoms with Crippen LogP contribution in [-0.2, 0) is 11.3 Å². The Morgan fingerprint density at radius 3 is 2.72 bits per heavy atom. The molecule has 0 fully saturated rings. The summed E-state index contributed by atoms with van der Waals surface area (Å²) in [5.41, 5.74) is 3.21. The highest BCUT2D eigenvalue weighted by molar-refractivity contribution is 7.99. The largest absolute Gasteiger partial charge is 0.467 e. The number of imidazole rings is 1. The first-order valence-electron chi connectivity index (χ1n) is 10.0. The van der Waals surface area contributed by atoms with Gasteiger partial charge in [0.25, 0.3) is 5.91 Å². The lowest BCUT2D eigenvalue weighted by atomic mass is 10.2. The molecule has 7 nitrogen and oxygen atoms in total. The second-order valence-electron chi connectivity index (χ2n) is 7.10. The standard InChI is InChI=1S/C24H22N4O3S/c1-17-7-9-19(10-8-17)27-22(29)16-32-24-25-11-12-28(24)20-5-2-4-18(14-20)23(30)26-15-21-6-3-13-31-21/h2-14H,15-16H2,1H3,(H,26,30)(H,27,29). The zero-order valence-corrected chi connectivity index (χ0v) is 18.3. The van der Waals surface area contributed by atoms with E-state index in [1.165, 1.54) is 11.8 Å². The van der Waals surface area contributed by atoms with Crippen molar-refractivity contribution in [3.8, 4) is 5.69 Å². The summed E-state index contributed by atoms with van der Waals surface area (Å²) in [6.07, 6.45) is 5.05. The molecule has 0 aliphatic heterocycles. The van der Waals surface area contributed by atoms with Crippen molar-refractivity contribution in [2.45, 2.75) is 18.6 Å². The van der Waals surface area contributed by atoms with Gasteiger partial charge in [-0.3, -0.25) is 14.2 Å². The van der Waals surface area contributed by atoms with E-state index in [-0.39, 0.29) is 17.6 Å². The lowest BCUT2D eigenvalue weighted by molar-refractivity contribution is -0.113. The van der Waals surface area contributed by atoms with E-state index in [1.807, 2.05) is 47.9 Å². The van der Waals surface area contributed by atoms with Gasteiger partial charge in [0, 0.05) is 29.3 Å². The molecule has 2 amide bonds. The summed E-state index contributed by atoms with van der Waals surface area (Å²) in [4.78, 5) is 29.2. The fraction of sp³-hybridized carbons (Fsp3) is 0.125. The summed E-state index contributed by atoms with van der Waals surface area (Å²) in [5.74, 6) is 0.593. The summed E-state index contributed by atoms with van der Waals surface area (Å²) in [5, 5.41) is 6.39. The Bertz CT molecular complexity index is 1200. The Kier molecular flexibility index (Phi) is 6.72. The van der Waals surface area contributed by atoms with E-state index in [4.69, 9.17) is 4.42 Å². The molecule has 0 unspecified atom stereocenters. The zero-order valence-electron chi connectivity index (χ0n) is 17.4. The van der Waals surface area contributed by atoms with Gasteiger partial charge in [0.15, 0.2) is 5.16 Å². The lowest BCUT2D eigenvalue weighted by Crippen LogP contribution is -2.22. The average molecular weight is 447 g/mol. The molecule has 0 aliphatic carbocycles. The van der Waals surface area contributed by atoms with Crippen LogP contribution in [0.4, 0.5) is 5.69 Å². The SMILES string of the molecule is Cc1ccc(NC(=O)CSc2nccn2-c2cccc(C(=O)NCc3ccco3)c2)cc1. The molecule has 2 aromatic heterocycles. The van der Waals surface area contributed by atoms with Gasteiger partial charge >= 0.3 is 0 Å².